The maximum atomic E-state index is 10.1. The zero-order valence-corrected chi connectivity index (χ0v) is 12.4. The van der Waals surface area contributed by atoms with E-state index in [1.807, 2.05) is 0 Å². The molecule has 0 fully saturated rings. The van der Waals surface area contributed by atoms with Crippen molar-refractivity contribution in [2.24, 2.45) is 0 Å². The van der Waals surface area contributed by atoms with Gasteiger partial charge in [-0.1, -0.05) is 13.3 Å². The highest BCUT2D eigenvalue weighted by Gasteiger charge is 1.88. The van der Waals surface area contributed by atoms with E-state index < -0.39 is 0 Å². The second-order valence-corrected chi connectivity index (χ2v) is 3.53. The van der Waals surface area contributed by atoms with Gasteiger partial charge in [-0.2, -0.15) is 0 Å². The van der Waals surface area contributed by atoms with E-state index in [2.05, 4.69) is 16.4 Å². The Morgan fingerprint density at radius 2 is 1.22 bits per heavy atom. The maximum Gasteiger partial charge on any atom is 0.302 e. The second-order valence-electron chi connectivity index (χ2n) is 3.53. The molecule has 0 aromatic heterocycles. The van der Waals surface area contributed by atoms with Crippen molar-refractivity contribution < 1.29 is 23.9 Å². The van der Waals surface area contributed by atoms with Gasteiger partial charge in [0.25, 0.3) is 0 Å². The lowest BCUT2D eigenvalue weighted by Gasteiger charge is -1.96. The number of esters is 2. The number of hydrogen-bond acceptors (Lipinski definition) is 5. The summed E-state index contributed by atoms with van der Waals surface area (Å²) in [6.07, 6.45) is 2.05. The largest absolute Gasteiger partial charge is 0.466 e. The van der Waals surface area contributed by atoms with E-state index in [9.17, 15) is 14.4 Å². The van der Waals surface area contributed by atoms with E-state index in [0.717, 1.165) is 12.8 Å². The van der Waals surface area contributed by atoms with Crippen LogP contribution in [0.3, 0.4) is 0 Å². The summed E-state index contributed by atoms with van der Waals surface area (Å²) >= 11 is 0. The first-order valence-corrected chi connectivity index (χ1v) is 6.01. The lowest BCUT2D eigenvalue weighted by atomic mass is 10.4. The van der Waals surface area contributed by atoms with Gasteiger partial charge in [0.15, 0.2) is 0 Å². The molecule has 108 valence electrons. The molecule has 0 bridgehead atoms. The van der Waals surface area contributed by atoms with Crippen LogP contribution in [-0.4, -0.2) is 30.9 Å². The van der Waals surface area contributed by atoms with Crippen molar-refractivity contribution in [2.75, 3.05) is 13.2 Å². The van der Waals surface area contributed by atoms with Crippen LogP contribution >= 0.6 is 0 Å². The average molecular weight is 262 g/mol. The molecule has 0 amide bonds. The van der Waals surface area contributed by atoms with Crippen molar-refractivity contribution in [3.63, 3.8) is 0 Å². The molecular formula is C13H26O5. The van der Waals surface area contributed by atoms with Gasteiger partial charge in [-0.05, 0) is 27.2 Å². The van der Waals surface area contributed by atoms with Gasteiger partial charge in [-0.25, -0.2) is 0 Å². The minimum absolute atomic E-state index is 0.167. The third-order valence-electron chi connectivity index (χ3n) is 1.15. The topological polar surface area (TPSA) is 69.7 Å². The summed E-state index contributed by atoms with van der Waals surface area (Å²) in [5, 5.41) is 0. The normalized spacial score (nSPS) is 7.89. The number of ketones is 1. The van der Waals surface area contributed by atoms with E-state index in [4.69, 9.17) is 0 Å². The zero-order chi connectivity index (χ0) is 15.0. The smallest absolute Gasteiger partial charge is 0.302 e. The van der Waals surface area contributed by atoms with Gasteiger partial charge in [0.05, 0.1) is 13.2 Å². The predicted molar refractivity (Wildman–Crippen MR) is 70.2 cm³/mol. The number of Topliss-reactive ketones (excluding diaryl/α,β-unsaturated/α-hetero) is 1. The Bertz CT molecular complexity index is 219. The number of carbonyl (C=O) groups is 3. The molecule has 0 spiro atoms. The molecule has 0 saturated heterocycles. The molecule has 0 rings (SSSR count). The van der Waals surface area contributed by atoms with Crippen molar-refractivity contribution in [2.45, 2.75) is 54.4 Å². The first-order chi connectivity index (χ1) is 8.27. The Labute approximate surface area is 110 Å². The maximum absolute atomic E-state index is 10.1. The summed E-state index contributed by atoms with van der Waals surface area (Å²) in [4.78, 5) is 29.4. The molecule has 0 aliphatic heterocycles. The molecule has 0 aromatic carbocycles. The highest BCUT2D eigenvalue weighted by Crippen LogP contribution is 1.86. The molecule has 0 saturated carbocycles. The van der Waals surface area contributed by atoms with Gasteiger partial charge >= 0.3 is 11.9 Å². The molecule has 0 aliphatic rings. The van der Waals surface area contributed by atoms with Gasteiger partial charge in [-0.15, -0.1) is 0 Å². The van der Waals surface area contributed by atoms with Crippen molar-refractivity contribution in [1.82, 2.24) is 0 Å². The monoisotopic (exact) mass is 262 g/mol. The fraction of sp³-hybridized carbons (Fsp3) is 0.769. The lowest BCUT2D eigenvalue weighted by molar-refractivity contribution is -0.141. The van der Waals surface area contributed by atoms with Crippen LogP contribution in [0.15, 0.2) is 0 Å². The zero-order valence-electron chi connectivity index (χ0n) is 12.4. The van der Waals surface area contributed by atoms with Gasteiger partial charge in [-0.3, -0.25) is 9.59 Å². The van der Waals surface area contributed by atoms with Crippen molar-refractivity contribution in [3.05, 3.63) is 0 Å². The minimum atomic E-state index is -0.211. The summed E-state index contributed by atoms with van der Waals surface area (Å²) in [5.41, 5.74) is 0. The highest BCUT2D eigenvalue weighted by molar-refractivity contribution is 5.72. The molecule has 0 unspecified atom stereocenters. The van der Waals surface area contributed by atoms with E-state index in [1.165, 1.54) is 27.7 Å². The Morgan fingerprint density at radius 1 is 0.833 bits per heavy atom. The molecule has 0 atom stereocenters. The van der Waals surface area contributed by atoms with Crippen LogP contribution in [0.5, 0.6) is 0 Å². The summed E-state index contributed by atoms with van der Waals surface area (Å²) in [7, 11) is 0. The molecule has 0 heterocycles. The molecule has 0 radical (unpaired) electrons. The average Bonchev–Trinajstić information content (AvgIpc) is 2.17. The van der Waals surface area contributed by atoms with Crippen LogP contribution in [0.25, 0.3) is 0 Å². The van der Waals surface area contributed by atoms with Gasteiger partial charge < -0.3 is 14.3 Å². The predicted octanol–water partition coefficient (Wildman–Crippen LogP) is 2.51. The van der Waals surface area contributed by atoms with E-state index in [1.54, 1.807) is 6.92 Å². The number of unbranched alkanes of at least 4 members (excludes halogenated alkanes) is 1. The van der Waals surface area contributed by atoms with Crippen LogP contribution in [0.2, 0.25) is 0 Å². The quantitative estimate of drug-likeness (QED) is 0.575. The van der Waals surface area contributed by atoms with E-state index in [-0.39, 0.29) is 17.7 Å². The number of rotatable bonds is 4. The number of ether oxygens (including phenoxy) is 2. The molecule has 5 heteroatoms. The minimum Gasteiger partial charge on any atom is -0.466 e. The summed E-state index contributed by atoms with van der Waals surface area (Å²) < 4.78 is 9.05. The second kappa shape index (κ2) is 18.0. The first kappa shape index (κ1) is 21.9. The molecular weight excluding hydrogens is 236 g/mol. The molecule has 18 heavy (non-hydrogen) atoms. The third-order valence-corrected chi connectivity index (χ3v) is 1.15. The Kier molecular flexibility index (Phi) is 21.8. The fourth-order valence-corrected chi connectivity index (χ4v) is 0.563. The van der Waals surface area contributed by atoms with Crippen LogP contribution in [0, 0.1) is 0 Å². The van der Waals surface area contributed by atoms with Crippen LogP contribution in [0.1, 0.15) is 54.4 Å². The van der Waals surface area contributed by atoms with Crippen molar-refractivity contribution in [3.8, 4) is 0 Å². The van der Waals surface area contributed by atoms with Gasteiger partial charge in [0.1, 0.15) is 5.78 Å². The summed E-state index contributed by atoms with van der Waals surface area (Å²) in [6, 6.07) is 0. The first-order valence-electron chi connectivity index (χ1n) is 6.01. The highest BCUT2D eigenvalue weighted by atomic mass is 16.5. The number of hydrogen-bond donors (Lipinski definition) is 0. The summed E-state index contributed by atoms with van der Waals surface area (Å²) in [6.45, 7) is 10.8. The standard InChI is InChI=1S/C6H12O2.C4H8O2.C3H6O/c1-3-4-5-8-6(2)7;1-3-6-4(2)5;1-3(2)4/h3-5H2,1-2H3;3H2,1-2H3;1-2H3. The fourth-order valence-electron chi connectivity index (χ4n) is 0.563. The van der Waals surface area contributed by atoms with Crippen molar-refractivity contribution >= 4 is 17.7 Å². The van der Waals surface area contributed by atoms with Crippen LogP contribution in [0.4, 0.5) is 0 Å². The Balaban J connectivity index is -0.000000200. The molecule has 0 aromatic rings. The van der Waals surface area contributed by atoms with Crippen molar-refractivity contribution in [1.29, 1.82) is 0 Å². The molecule has 5 nitrogen and oxygen atoms in total. The van der Waals surface area contributed by atoms with Crippen LogP contribution in [-0.2, 0) is 23.9 Å². The van der Waals surface area contributed by atoms with Crippen LogP contribution < -0.4 is 0 Å². The molecule has 0 N–H and O–H groups in total. The van der Waals surface area contributed by atoms with Gasteiger partial charge in [0.2, 0.25) is 0 Å². The third kappa shape index (κ3) is 61.9. The lowest BCUT2D eigenvalue weighted by Crippen LogP contribution is -1.99. The number of carbonyl (C=O) groups excluding carboxylic acids is 3. The summed E-state index contributed by atoms with van der Waals surface area (Å²) in [5.74, 6) is -0.226. The Hall–Kier alpha value is -1.39. The van der Waals surface area contributed by atoms with E-state index >= 15 is 0 Å². The Morgan fingerprint density at radius 3 is 1.39 bits per heavy atom. The van der Waals surface area contributed by atoms with Gasteiger partial charge in [0, 0.05) is 13.8 Å². The molecule has 0 aliphatic carbocycles. The van der Waals surface area contributed by atoms with E-state index in [0.29, 0.717) is 13.2 Å². The SMILES string of the molecule is CC(C)=O.CCCCOC(C)=O.CCOC(C)=O.